The minimum Gasteiger partial charge on any atom is -0.382 e. The second kappa shape index (κ2) is 3.57. The zero-order chi connectivity index (χ0) is 8.27. The van der Waals surface area contributed by atoms with Crippen LogP contribution in [0.25, 0.3) is 0 Å². The van der Waals surface area contributed by atoms with Gasteiger partial charge < -0.3 is 5.73 Å². The Hall–Kier alpha value is -0.770. The maximum Gasteiger partial charge on any atom is 0.146 e. The molecule has 4 heteroatoms. The van der Waals surface area contributed by atoms with Crippen LogP contribution in [-0.2, 0) is 0 Å². The Morgan fingerprint density at radius 1 is 1.36 bits per heavy atom. The topological polar surface area (TPSA) is 51.8 Å². The van der Waals surface area contributed by atoms with Crippen LogP contribution in [0.15, 0.2) is 17.2 Å². The zero-order valence-electron chi connectivity index (χ0n) is 6.61. The molecule has 0 radical (unpaired) electrons. The van der Waals surface area contributed by atoms with Gasteiger partial charge in [-0.25, -0.2) is 0 Å². The molecule has 1 heterocycles. The third-order valence-corrected chi connectivity index (χ3v) is 1.95. The summed E-state index contributed by atoms with van der Waals surface area (Å²) in [5.74, 6) is 0.470. The molecule has 0 unspecified atom stereocenters. The molecule has 2 N–H and O–H groups in total. The lowest BCUT2D eigenvalue weighted by Gasteiger charge is -2.01. The van der Waals surface area contributed by atoms with E-state index < -0.39 is 0 Å². The quantitative estimate of drug-likeness (QED) is 0.682. The number of nitrogen functional groups attached to an aromatic ring is 1. The number of rotatable bonds is 2. The van der Waals surface area contributed by atoms with Crippen molar-refractivity contribution in [2.75, 3.05) is 5.73 Å². The highest BCUT2D eigenvalue weighted by atomic mass is 32.2. The molecule has 11 heavy (non-hydrogen) atoms. The van der Waals surface area contributed by atoms with Gasteiger partial charge in [0.1, 0.15) is 10.8 Å². The minimum atomic E-state index is 0.470. The summed E-state index contributed by atoms with van der Waals surface area (Å²) in [7, 11) is 0. The van der Waals surface area contributed by atoms with Crippen molar-refractivity contribution in [3.63, 3.8) is 0 Å². The fraction of sp³-hybridized carbons (Fsp3) is 0.429. The molecule has 0 atom stereocenters. The van der Waals surface area contributed by atoms with E-state index in [4.69, 9.17) is 5.73 Å². The van der Waals surface area contributed by atoms with Crippen molar-refractivity contribution in [2.45, 2.75) is 24.1 Å². The van der Waals surface area contributed by atoms with E-state index >= 15 is 0 Å². The smallest absolute Gasteiger partial charge is 0.146 e. The molecule has 3 nitrogen and oxygen atoms in total. The van der Waals surface area contributed by atoms with Crippen LogP contribution in [0.3, 0.4) is 0 Å². The Kier molecular flexibility index (Phi) is 2.70. The Bertz CT molecular complexity index is 220. The van der Waals surface area contributed by atoms with Crippen LogP contribution < -0.4 is 5.73 Å². The first-order valence-electron chi connectivity index (χ1n) is 3.44. The highest BCUT2D eigenvalue weighted by Gasteiger charge is 1.98. The summed E-state index contributed by atoms with van der Waals surface area (Å²) < 4.78 is 0. The standard InChI is InChI=1S/C7H11N3S/c1-5(2)11-7-4-3-6(8)9-10-7/h3-5H,1-2H3,(H2,8,9). The van der Waals surface area contributed by atoms with E-state index in [1.165, 1.54) is 0 Å². The van der Waals surface area contributed by atoms with Crippen molar-refractivity contribution < 1.29 is 0 Å². The van der Waals surface area contributed by atoms with Gasteiger partial charge in [-0.2, -0.15) is 0 Å². The highest BCUT2D eigenvalue weighted by molar-refractivity contribution is 7.99. The van der Waals surface area contributed by atoms with E-state index in [1.807, 2.05) is 6.07 Å². The van der Waals surface area contributed by atoms with E-state index in [-0.39, 0.29) is 0 Å². The lowest BCUT2D eigenvalue weighted by molar-refractivity contribution is 0.932. The van der Waals surface area contributed by atoms with Gasteiger partial charge in [-0.15, -0.1) is 22.0 Å². The average molecular weight is 169 g/mol. The predicted octanol–water partition coefficient (Wildman–Crippen LogP) is 1.56. The minimum absolute atomic E-state index is 0.470. The number of thioether (sulfide) groups is 1. The monoisotopic (exact) mass is 169 g/mol. The Labute approximate surface area is 70.4 Å². The van der Waals surface area contributed by atoms with Crippen molar-refractivity contribution in [1.29, 1.82) is 0 Å². The molecule has 0 saturated heterocycles. The molecule has 0 saturated carbocycles. The first-order chi connectivity index (χ1) is 5.18. The Balaban J connectivity index is 2.66. The molecular formula is C7H11N3S. The van der Waals surface area contributed by atoms with Crippen LogP contribution >= 0.6 is 11.8 Å². The van der Waals surface area contributed by atoms with Gasteiger partial charge in [0.25, 0.3) is 0 Å². The third-order valence-electron chi connectivity index (χ3n) is 1.02. The van der Waals surface area contributed by atoms with E-state index in [0.29, 0.717) is 11.1 Å². The first-order valence-corrected chi connectivity index (χ1v) is 4.32. The van der Waals surface area contributed by atoms with Crippen molar-refractivity contribution >= 4 is 17.6 Å². The molecule has 0 aliphatic carbocycles. The summed E-state index contributed by atoms with van der Waals surface area (Å²) in [6.07, 6.45) is 0. The summed E-state index contributed by atoms with van der Waals surface area (Å²) in [4.78, 5) is 0. The van der Waals surface area contributed by atoms with Crippen molar-refractivity contribution in [3.8, 4) is 0 Å². The summed E-state index contributed by atoms with van der Waals surface area (Å²) in [5, 5.41) is 9.11. The Morgan fingerprint density at radius 2 is 2.09 bits per heavy atom. The molecule has 0 fully saturated rings. The van der Waals surface area contributed by atoms with Crippen LogP contribution in [0, 0.1) is 0 Å². The van der Waals surface area contributed by atoms with E-state index in [9.17, 15) is 0 Å². The summed E-state index contributed by atoms with van der Waals surface area (Å²) in [5.41, 5.74) is 5.37. The van der Waals surface area contributed by atoms with E-state index in [0.717, 1.165) is 5.03 Å². The Morgan fingerprint density at radius 3 is 2.55 bits per heavy atom. The van der Waals surface area contributed by atoms with Crippen LogP contribution in [0.4, 0.5) is 5.82 Å². The second-order valence-electron chi connectivity index (χ2n) is 2.46. The van der Waals surface area contributed by atoms with Gasteiger partial charge >= 0.3 is 0 Å². The van der Waals surface area contributed by atoms with Crippen LogP contribution in [0.2, 0.25) is 0 Å². The van der Waals surface area contributed by atoms with Gasteiger partial charge in [0, 0.05) is 5.25 Å². The number of aromatic nitrogens is 2. The molecule has 0 amide bonds. The number of nitrogens with two attached hydrogens (primary N) is 1. The first kappa shape index (κ1) is 8.33. The van der Waals surface area contributed by atoms with Gasteiger partial charge in [0.2, 0.25) is 0 Å². The van der Waals surface area contributed by atoms with Crippen LogP contribution in [-0.4, -0.2) is 15.4 Å². The predicted molar refractivity (Wildman–Crippen MR) is 47.4 cm³/mol. The van der Waals surface area contributed by atoms with E-state index in [2.05, 4.69) is 24.0 Å². The number of nitrogens with zero attached hydrogens (tertiary/aromatic N) is 2. The van der Waals surface area contributed by atoms with Gasteiger partial charge in [-0.1, -0.05) is 13.8 Å². The van der Waals surface area contributed by atoms with Crippen molar-refractivity contribution in [1.82, 2.24) is 10.2 Å². The van der Waals surface area contributed by atoms with Gasteiger partial charge in [-0.3, -0.25) is 0 Å². The van der Waals surface area contributed by atoms with E-state index in [1.54, 1.807) is 17.8 Å². The van der Waals surface area contributed by atoms with Gasteiger partial charge in [0.15, 0.2) is 0 Å². The number of anilines is 1. The summed E-state index contributed by atoms with van der Waals surface area (Å²) in [6, 6.07) is 3.64. The average Bonchev–Trinajstić information content (AvgIpc) is 1.93. The maximum absolute atomic E-state index is 5.37. The SMILES string of the molecule is CC(C)Sc1ccc(N)nn1. The normalized spacial score (nSPS) is 10.5. The lowest BCUT2D eigenvalue weighted by Crippen LogP contribution is -1.94. The second-order valence-corrected chi connectivity index (χ2v) is 4.06. The maximum atomic E-state index is 5.37. The van der Waals surface area contributed by atoms with Gasteiger partial charge in [-0.05, 0) is 12.1 Å². The molecule has 1 rings (SSSR count). The fourth-order valence-electron chi connectivity index (χ4n) is 0.635. The molecule has 1 aromatic rings. The molecular weight excluding hydrogens is 158 g/mol. The molecule has 0 bridgehead atoms. The molecule has 0 spiro atoms. The third kappa shape index (κ3) is 2.76. The largest absolute Gasteiger partial charge is 0.382 e. The molecule has 60 valence electrons. The zero-order valence-corrected chi connectivity index (χ0v) is 7.43. The van der Waals surface area contributed by atoms with Crippen molar-refractivity contribution in [3.05, 3.63) is 12.1 Å². The van der Waals surface area contributed by atoms with Crippen LogP contribution in [0.5, 0.6) is 0 Å². The summed E-state index contributed by atoms with van der Waals surface area (Å²) in [6.45, 7) is 4.23. The molecule has 0 aliphatic rings. The molecule has 1 aromatic heterocycles. The van der Waals surface area contributed by atoms with Gasteiger partial charge in [0.05, 0.1) is 0 Å². The number of hydrogen-bond acceptors (Lipinski definition) is 4. The fourth-order valence-corrected chi connectivity index (χ4v) is 1.35. The van der Waals surface area contributed by atoms with Crippen molar-refractivity contribution in [2.24, 2.45) is 0 Å². The lowest BCUT2D eigenvalue weighted by atomic mass is 10.5. The number of hydrogen-bond donors (Lipinski definition) is 1. The molecule has 0 aliphatic heterocycles. The van der Waals surface area contributed by atoms with Crippen LogP contribution in [0.1, 0.15) is 13.8 Å². The summed E-state index contributed by atoms with van der Waals surface area (Å²) >= 11 is 1.68. The highest BCUT2D eigenvalue weighted by Crippen LogP contribution is 2.19. The molecule has 0 aromatic carbocycles.